The van der Waals surface area contributed by atoms with Crippen LogP contribution in [0.25, 0.3) is 0 Å². The van der Waals surface area contributed by atoms with Gasteiger partial charge in [0.15, 0.2) is 0 Å². The molecule has 0 radical (unpaired) electrons. The maximum Gasteiger partial charge on any atom is 0.326 e. The molecule has 0 fully saturated rings. The Bertz CT molecular complexity index is 327. The van der Waals surface area contributed by atoms with E-state index >= 15 is 0 Å². The van der Waals surface area contributed by atoms with Gasteiger partial charge in [-0.1, -0.05) is 27.7 Å². The molecule has 0 saturated carbocycles. The van der Waals surface area contributed by atoms with Gasteiger partial charge in [0.1, 0.15) is 0 Å². The van der Waals surface area contributed by atoms with Gasteiger partial charge in [0, 0.05) is 0 Å². The van der Waals surface area contributed by atoms with Gasteiger partial charge in [-0.2, -0.15) is 0 Å². The Labute approximate surface area is 109 Å². The summed E-state index contributed by atoms with van der Waals surface area (Å²) in [5, 5.41) is 0. The highest BCUT2D eigenvalue weighted by atomic mass is 31.2. The van der Waals surface area contributed by atoms with Crippen LogP contribution in [0.15, 0.2) is 0 Å². The first-order chi connectivity index (χ1) is 8.06. The van der Waals surface area contributed by atoms with E-state index in [1.807, 2.05) is 13.8 Å². The average Bonchev–Trinajstić information content (AvgIpc) is 2.16. The lowest BCUT2D eigenvalue weighted by Gasteiger charge is -2.43. The van der Waals surface area contributed by atoms with E-state index in [1.54, 1.807) is 20.8 Å². The summed E-state index contributed by atoms with van der Waals surface area (Å²) in [5.74, 6) is -0.367. The summed E-state index contributed by atoms with van der Waals surface area (Å²) < 4.78 is 16.3. The molecule has 0 atom stereocenters. The van der Waals surface area contributed by atoms with Crippen molar-refractivity contribution in [2.75, 3.05) is 12.8 Å². The van der Waals surface area contributed by atoms with Crippen LogP contribution in [0.2, 0.25) is 0 Å². The van der Waals surface area contributed by atoms with Crippen molar-refractivity contribution in [3.8, 4) is 0 Å². The summed E-state index contributed by atoms with van der Waals surface area (Å²) in [5.41, 5.74) is -1.67. The predicted octanol–water partition coefficient (Wildman–Crippen LogP) is 2.56. The van der Waals surface area contributed by atoms with E-state index in [2.05, 4.69) is 0 Å². The Kier molecular flexibility index (Phi) is 6.05. The zero-order chi connectivity index (χ0) is 14.6. The zero-order valence-corrected chi connectivity index (χ0v) is 12.8. The monoisotopic (exact) mass is 280 g/mol. The molecule has 5 nitrogen and oxygen atoms in total. The number of esters is 1. The summed E-state index contributed by atoms with van der Waals surface area (Å²) in [6, 6.07) is 0. The number of carbonyl (C=O) groups is 1. The Hall–Kier alpha value is -0.380. The minimum Gasteiger partial charge on any atom is -0.466 e. The lowest BCUT2D eigenvalue weighted by atomic mass is 9.63. The van der Waals surface area contributed by atoms with Crippen molar-refractivity contribution in [2.45, 2.75) is 47.5 Å². The van der Waals surface area contributed by atoms with Gasteiger partial charge in [-0.3, -0.25) is 9.36 Å². The van der Waals surface area contributed by atoms with E-state index in [4.69, 9.17) is 4.74 Å². The van der Waals surface area contributed by atoms with Crippen LogP contribution in [0.4, 0.5) is 0 Å². The first-order valence-corrected chi connectivity index (χ1v) is 8.08. The van der Waals surface area contributed by atoms with Gasteiger partial charge in [-0.25, -0.2) is 0 Å². The normalized spacial score (nSPS) is 13.5. The second-order valence-electron chi connectivity index (χ2n) is 5.22. The van der Waals surface area contributed by atoms with Crippen LogP contribution in [-0.4, -0.2) is 28.5 Å². The van der Waals surface area contributed by atoms with E-state index in [0.29, 0.717) is 12.8 Å². The van der Waals surface area contributed by atoms with Crippen molar-refractivity contribution in [3.05, 3.63) is 0 Å². The largest absolute Gasteiger partial charge is 0.466 e. The van der Waals surface area contributed by atoms with E-state index < -0.39 is 18.4 Å². The smallest absolute Gasteiger partial charge is 0.326 e. The highest BCUT2D eigenvalue weighted by molar-refractivity contribution is 7.51. The molecular weight excluding hydrogens is 255 g/mol. The van der Waals surface area contributed by atoms with Crippen molar-refractivity contribution in [1.82, 2.24) is 0 Å². The molecule has 0 aliphatic carbocycles. The standard InChI is InChI=1S/C12H25O5P/c1-6-12(7-2,10(13)17-8-3)11(4,5)9-18(14,15)16/h6-9H2,1-5H3,(H2,14,15,16). The zero-order valence-electron chi connectivity index (χ0n) is 11.9. The highest BCUT2D eigenvalue weighted by Crippen LogP contribution is 2.53. The summed E-state index contributed by atoms with van der Waals surface area (Å²) in [4.78, 5) is 30.5. The fourth-order valence-corrected chi connectivity index (χ4v) is 4.04. The number of rotatable bonds is 7. The Morgan fingerprint density at radius 2 is 1.61 bits per heavy atom. The van der Waals surface area contributed by atoms with Gasteiger partial charge in [-0.05, 0) is 25.2 Å². The summed E-state index contributed by atoms with van der Waals surface area (Å²) >= 11 is 0. The maximum absolute atomic E-state index is 12.2. The van der Waals surface area contributed by atoms with Crippen molar-refractivity contribution >= 4 is 13.6 Å². The van der Waals surface area contributed by atoms with Gasteiger partial charge < -0.3 is 14.5 Å². The van der Waals surface area contributed by atoms with Gasteiger partial charge >= 0.3 is 13.6 Å². The van der Waals surface area contributed by atoms with Crippen LogP contribution in [0.5, 0.6) is 0 Å². The van der Waals surface area contributed by atoms with Crippen LogP contribution >= 0.6 is 7.60 Å². The second-order valence-corrected chi connectivity index (χ2v) is 6.86. The third kappa shape index (κ3) is 3.81. The molecule has 0 amide bonds. The first-order valence-electron chi connectivity index (χ1n) is 6.28. The predicted molar refractivity (Wildman–Crippen MR) is 70.3 cm³/mol. The van der Waals surface area contributed by atoms with Crippen LogP contribution in [0.3, 0.4) is 0 Å². The van der Waals surface area contributed by atoms with Crippen LogP contribution in [0.1, 0.15) is 47.5 Å². The lowest BCUT2D eigenvalue weighted by molar-refractivity contribution is -0.163. The van der Waals surface area contributed by atoms with E-state index in [1.165, 1.54) is 0 Å². The first kappa shape index (κ1) is 17.6. The van der Waals surface area contributed by atoms with Crippen molar-refractivity contribution in [3.63, 3.8) is 0 Å². The molecule has 0 aliphatic rings. The van der Waals surface area contributed by atoms with Gasteiger partial charge in [-0.15, -0.1) is 0 Å². The van der Waals surface area contributed by atoms with E-state index in [9.17, 15) is 19.1 Å². The molecule has 2 N–H and O–H groups in total. The number of ether oxygens (including phenoxy) is 1. The van der Waals surface area contributed by atoms with Gasteiger partial charge in [0.05, 0.1) is 18.2 Å². The third-order valence-corrected chi connectivity index (χ3v) is 4.97. The number of hydrogen-bond acceptors (Lipinski definition) is 3. The van der Waals surface area contributed by atoms with Crippen LogP contribution in [0, 0.1) is 10.8 Å². The number of hydrogen-bond donors (Lipinski definition) is 2. The fraction of sp³-hybridized carbons (Fsp3) is 0.917. The molecule has 0 aliphatic heterocycles. The molecule has 0 rings (SSSR count). The van der Waals surface area contributed by atoms with E-state index in [-0.39, 0.29) is 18.7 Å². The van der Waals surface area contributed by atoms with Crippen LogP contribution < -0.4 is 0 Å². The molecule has 0 aromatic carbocycles. The number of carbonyl (C=O) groups excluding carboxylic acids is 1. The van der Waals surface area contributed by atoms with Crippen LogP contribution in [-0.2, 0) is 14.1 Å². The topological polar surface area (TPSA) is 83.8 Å². The summed E-state index contributed by atoms with van der Waals surface area (Å²) in [7, 11) is -4.18. The van der Waals surface area contributed by atoms with Crippen molar-refractivity contribution in [1.29, 1.82) is 0 Å². The Balaban J connectivity index is 5.44. The quantitative estimate of drug-likeness (QED) is 0.553. The SMILES string of the molecule is CCOC(=O)C(CC)(CC)C(C)(C)CP(=O)(O)O. The molecule has 0 heterocycles. The molecular formula is C12H25O5P. The molecule has 108 valence electrons. The molecule has 0 saturated heterocycles. The molecule has 0 spiro atoms. The summed E-state index contributed by atoms with van der Waals surface area (Å²) in [6.45, 7) is 9.13. The molecule has 6 heteroatoms. The average molecular weight is 280 g/mol. The molecule has 18 heavy (non-hydrogen) atoms. The van der Waals surface area contributed by atoms with E-state index in [0.717, 1.165) is 0 Å². The van der Waals surface area contributed by atoms with Gasteiger partial charge in [0.2, 0.25) is 0 Å². The van der Waals surface area contributed by atoms with Gasteiger partial charge in [0.25, 0.3) is 0 Å². The molecule has 0 bridgehead atoms. The molecule has 0 aromatic heterocycles. The van der Waals surface area contributed by atoms with Crippen molar-refractivity contribution < 1.29 is 23.9 Å². The Morgan fingerprint density at radius 1 is 1.17 bits per heavy atom. The molecule has 0 aromatic rings. The maximum atomic E-state index is 12.2. The molecule has 0 unspecified atom stereocenters. The summed E-state index contributed by atoms with van der Waals surface area (Å²) in [6.07, 6.45) is 0.672. The Morgan fingerprint density at radius 3 is 1.89 bits per heavy atom. The van der Waals surface area contributed by atoms with Crippen molar-refractivity contribution in [2.24, 2.45) is 10.8 Å². The third-order valence-electron chi connectivity index (χ3n) is 3.77. The minimum atomic E-state index is -4.18. The highest BCUT2D eigenvalue weighted by Gasteiger charge is 2.51. The lowest BCUT2D eigenvalue weighted by Crippen LogP contribution is -2.46. The fourth-order valence-electron chi connectivity index (χ4n) is 2.71. The second kappa shape index (κ2) is 6.18. The minimum absolute atomic E-state index is 0.270.